The zero-order valence-corrected chi connectivity index (χ0v) is 7.06. The third-order valence-electron chi connectivity index (χ3n) is 0.462. The number of nitrogens with two attached hydrogens (primary N) is 2. The Morgan fingerprint density at radius 2 is 1.82 bits per heavy atom. The Morgan fingerprint density at radius 1 is 1.55 bits per heavy atom. The second-order valence-electron chi connectivity index (χ2n) is 1.74. The molecule has 0 spiro atoms. The van der Waals surface area contributed by atoms with Gasteiger partial charge in [-0.1, -0.05) is 6.92 Å². The van der Waals surface area contributed by atoms with Gasteiger partial charge in [-0.3, -0.25) is 9.96 Å². The van der Waals surface area contributed by atoms with Crippen molar-refractivity contribution in [1.29, 1.82) is 5.41 Å². The number of hydrogen-bond donors (Lipinski definition) is 4. The van der Waals surface area contributed by atoms with Crippen LogP contribution in [0.3, 0.4) is 0 Å². The van der Waals surface area contributed by atoms with Crippen LogP contribution in [-0.2, 0) is 10.1 Å². The SMILES string of the molecule is CCCS(=O)(=O)O.N=C(N)N. The molecule has 0 bridgehead atoms. The summed E-state index contributed by atoms with van der Waals surface area (Å²) in [5, 5.41) is 6.06. The number of hydrogen-bond acceptors (Lipinski definition) is 3. The Balaban J connectivity index is 0. The van der Waals surface area contributed by atoms with E-state index in [2.05, 4.69) is 11.5 Å². The smallest absolute Gasteiger partial charge is 0.264 e. The van der Waals surface area contributed by atoms with Crippen molar-refractivity contribution in [2.45, 2.75) is 13.3 Å². The summed E-state index contributed by atoms with van der Waals surface area (Å²) >= 11 is 0. The van der Waals surface area contributed by atoms with E-state index in [9.17, 15) is 8.42 Å². The number of guanidine groups is 1. The summed E-state index contributed by atoms with van der Waals surface area (Å²) in [6.07, 6.45) is 0.471. The molecular weight excluding hydrogens is 170 g/mol. The lowest BCUT2D eigenvalue weighted by Crippen LogP contribution is -2.20. The molecule has 0 rings (SSSR count). The third-order valence-corrected chi connectivity index (χ3v) is 1.39. The molecule has 0 saturated carbocycles. The van der Waals surface area contributed by atoms with Gasteiger partial charge < -0.3 is 11.5 Å². The zero-order valence-electron chi connectivity index (χ0n) is 6.24. The normalized spacial score (nSPS) is 9.64. The summed E-state index contributed by atoms with van der Waals surface area (Å²) in [5.74, 6) is -0.465. The van der Waals surface area contributed by atoms with E-state index < -0.39 is 10.1 Å². The van der Waals surface area contributed by atoms with Crippen molar-refractivity contribution in [2.24, 2.45) is 11.5 Å². The first-order chi connectivity index (χ1) is 4.79. The molecule has 0 saturated heterocycles. The predicted molar refractivity (Wildman–Crippen MR) is 42.8 cm³/mol. The fourth-order valence-corrected chi connectivity index (χ4v) is 0.774. The van der Waals surface area contributed by atoms with Crippen molar-refractivity contribution in [1.82, 2.24) is 0 Å². The van der Waals surface area contributed by atoms with E-state index in [1.807, 2.05) is 0 Å². The highest BCUT2D eigenvalue weighted by Crippen LogP contribution is 1.83. The monoisotopic (exact) mass is 183 g/mol. The Bertz CT molecular complexity index is 195. The second kappa shape index (κ2) is 5.93. The molecule has 0 radical (unpaired) electrons. The third kappa shape index (κ3) is 46.8. The molecule has 6 nitrogen and oxygen atoms in total. The van der Waals surface area contributed by atoms with Crippen LogP contribution in [0.5, 0.6) is 0 Å². The molecule has 0 unspecified atom stereocenters. The first kappa shape index (κ1) is 12.8. The average molecular weight is 183 g/mol. The summed E-state index contributed by atoms with van der Waals surface area (Å²) in [4.78, 5) is 0. The molecule has 0 aliphatic heterocycles. The molecule has 0 aliphatic carbocycles. The van der Waals surface area contributed by atoms with Crippen LogP contribution < -0.4 is 11.5 Å². The number of rotatable bonds is 2. The Morgan fingerprint density at radius 3 is 1.82 bits per heavy atom. The standard InChI is InChI=1S/C3H8O3S.CH5N3/c1-2-3-7(4,5)6;2-1(3)4/h2-3H2,1H3,(H,4,5,6);(H5,2,3,4). The van der Waals surface area contributed by atoms with Gasteiger partial charge >= 0.3 is 0 Å². The van der Waals surface area contributed by atoms with Crippen LogP contribution in [0.2, 0.25) is 0 Å². The van der Waals surface area contributed by atoms with E-state index in [1.54, 1.807) is 6.92 Å². The second-order valence-corrected chi connectivity index (χ2v) is 3.31. The quantitative estimate of drug-likeness (QED) is 0.251. The minimum atomic E-state index is -3.67. The molecule has 0 heterocycles. The van der Waals surface area contributed by atoms with Gasteiger partial charge in [-0.2, -0.15) is 8.42 Å². The van der Waals surface area contributed by atoms with Crippen molar-refractivity contribution in [3.05, 3.63) is 0 Å². The molecule has 7 heteroatoms. The molecule has 0 aromatic rings. The summed E-state index contributed by atoms with van der Waals surface area (Å²) in [7, 11) is -3.67. The van der Waals surface area contributed by atoms with Crippen LogP contribution >= 0.6 is 0 Å². The molecule has 0 aromatic heterocycles. The summed E-state index contributed by atoms with van der Waals surface area (Å²) in [6, 6.07) is 0. The maximum absolute atomic E-state index is 9.79. The van der Waals surface area contributed by atoms with Crippen LogP contribution in [-0.4, -0.2) is 24.7 Å². The molecular formula is C4H13N3O3S. The molecule has 0 fully saturated rings. The van der Waals surface area contributed by atoms with Crippen molar-refractivity contribution in [2.75, 3.05) is 5.75 Å². The molecule has 0 aliphatic rings. The first-order valence-electron chi connectivity index (χ1n) is 2.84. The van der Waals surface area contributed by atoms with Crippen LogP contribution in [0, 0.1) is 5.41 Å². The maximum Gasteiger partial charge on any atom is 0.264 e. The van der Waals surface area contributed by atoms with E-state index in [0.29, 0.717) is 6.42 Å². The van der Waals surface area contributed by atoms with E-state index in [-0.39, 0.29) is 11.7 Å². The zero-order chi connectivity index (χ0) is 9.49. The van der Waals surface area contributed by atoms with Gasteiger partial charge in [0, 0.05) is 0 Å². The lowest BCUT2D eigenvalue weighted by Gasteiger charge is -1.85. The van der Waals surface area contributed by atoms with Gasteiger partial charge in [-0.05, 0) is 6.42 Å². The van der Waals surface area contributed by atoms with E-state index in [0.717, 1.165) is 0 Å². The van der Waals surface area contributed by atoms with Crippen molar-refractivity contribution >= 4 is 16.1 Å². The van der Waals surface area contributed by atoms with Crippen LogP contribution in [0.1, 0.15) is 13.3 Å². The number of nitrogens with one attached hydrogen (secondary N) is 1. The van der Waals surface area contributed by atoms with Gasteiger partial charge in [0.2, 0.25) is 0 Å². The largest absolute Gasteiger partial charge is 0.370 e. The van der Waals surface area contributed by atoms with Gasteiger partial charge in [0.25, 0.3) is 10.1 Å². The van der Waals surface area contributed by atoms with Gasteiger partial charge in [0.1, 0.15) is 0 Å². The fraction of sp³-hybridized carbons (Fsp3) is 0.750. The van der Waals surface area contributed by atoms with Gasteiger partial charge in [0.15, 0.2) is 5.96 Å². The molecule has 68 valence electrons. The van der Waals surface area contributed by atoms with Crippen molar-refractivity contribution in [3.63, 3.8) is 0 Å². The first-order valence-corrected chi connectivity index (χ1v) is 4.45. The minimum absolute atomic E-state index is 0.132. The molecule has 11 heavy (non-hydrogen) atoms. The Kier molecular flexibility index (Phi) is 6.91. The van der Waals surface area contributed by atoms with Crippen molar-refractivity contribution in [3.8, 4) is 0 Å². The van der Waals surface area contributed by atoms with Crippen LogP contribution in [0.25, 0.3) is 0 Å². The predicted octanol–water partition coefficient (Wildman–Crippen LogP) is -0.877. The highest BCUT2D eigenvalue weighted by atomic mass is 32.2. The molecule has 0 atom stereocenters. The maximum atomic E-state index is 9.79. The van der Waals surface area contributed by atoms with Gasteiger partial charge in [0.05, 0.1) is 5.75 Å². The topological polar surface area (TPSA) is 130 Å². The van der Waals surface area contributed by atoms with Crippen LogP contribution in [0.4, 0.5) is 0 Å². The minimum Gasteiger partial charge on any atom is -0.370 e. The summed E-state index contributed by atoms with van der Waals surface area (Å²) in [6.45, 7) is 1.69. The Hall–Kier alpha value is -0.820. The summed E-state index contributed by atoms with van der Waals surface area (Å²) in [5.41, 5.74) is 8.94. The molecule has 0 amide bonds. The lowest BCUT2D eigenvalue weighted by molar-refractivity contribution is 0.482. The highest BCUT2D eigenvalue weighted by Gasteiger charge is 1.98. The Labute approximate surface area is 65.8 Å². The van der Waals surface area contributed by atoms with E-state index in [1.165, 1.54) is 0 Å². The highest BCUT2D eigenvalue weighted by molar-refractivity contribution is 7.85. The lowest BCUT2D eigenvalue weighted by atomic mass is 10.6. The van der Waals surface area contributed by atoms with E-state index >= 15 is 0 Å². The fourth-order valence-electron chi connectivity index (χ4n) is 0.258. The van der Waals surface area contributed by atoms with Gasteiger partial charge in [-0.25, -0.2) is 0 Å². The average Bonchev–Trinajstić information content (AvgIpc) is 1.58. The van der Waals surface area contributed by atoms with Gasteiger partial charge in [-0.15, -0.1) is 0 Å². The van der Waals surface area contributed by atoms with E-state index in [4.69, 9.17) is 9.96 Å². The van der Waals surface area contributed by atoms with Crippen molar-refractivity contribution < 1.29 is 13.0 Å². The molecule has 6 N–H and O–H groups in total. The van der Waals surface area contributed by atoms with Crippen LogP contribution in [0.15, 0.2) is 0 Å². The molecule has 0 aromatic carbocycles. The summed E-state index contributed by atoms with van der Waals surface area (Å²) < 4.78 is 27.6.